The van der Waals surface area contributed by atoms with Gasteiger partial charge >= 0.3 is 0 Å². The number of benzene rings is 2. The van der Waals surface area contributed by atoms with Crippen LogP contribution >= 0.6 is 15.9 Å². The molecule has 4 nitrogen and oxygen atoms in total. The minimum atomic E-state index is -0.543. The fourth-order valence-electron chi connectivity index (χ4n) is 2.57. The van der Waals surface area contributed by atoms with E-state index in [9.17, 15) is 4.79 Å². The van der Waals surface area contributed by atoms with Gasteiger partial charge in [0.15, 0.2) is 6.10 Å². The summed E-state index contributed by atoms with van der Waals surface area (Å²) in [7, 11) is 0. The summed E-state index contributed by atoms with van der Waals surface area (Å²) in [6.07, 6.45) is -0.543. The van der Waals surface area contributed by atoms with Gasteiger partial charge in [-0.25, -0.2) is 0 Å². The number of amides is 1. The molecule has 0 aliphatic carbocycles. The second-order valence-corrected chi connectivity index (χ2v) is 7.13. The van der Waals surface area contributed by atoms with E-state index >= 15 is 0 Å². The third kappa shape index (κ3) is 6.46. The van der Waals surface area contributed by atoms with Crippen molar-refractivity contribution in [3.05, 3.63) is 64.1 Å². The molecule has 26 heavy (non-hydrogen) atoms. The normalized spacial score (nSPS) is 12.0. The Hall–Kier alpha value is -1.85. The monoisotopic (exact) mass is 418 g/mol. The molecule has 0 bridgehead atoms. The molecular formula is C21H27BrN2O2. The fraction of sp³-hybridized carbons (Fsp3) is 0.381. The summed E-state index contributed by atoms with van der Waals surface area (Å²) in [6.45, 7) is 9.64. The van der Waals surface area contributed by atoms with Gasteiger partial charge in [0.2, 0.25) is 0 Å². The Bertz CT molecular complexity index is 682. The lowest BCUT2D eigenvalue weighted by Crippen LogP contribution is -2.35. The van der Waals surface area contributed by atoms with Crippen LogP contribution in [0.5, 0.6) is 5.75 Å². The van der Waals surface area contributed by atoms with E-state index in [4.69, 9.17) is 4.74 Å². The predicted molar refractivity (Wildman–Crippen MR) is 109 cm³/mol. The van der Waals surface area contributed by atoms with Gasteiger partial charge in [0, 0.05) is 17.6 Å². The molecule has 2 aromatic rings. The van der Waals surface area contributed by atoms with Crippen LogP contribution in [0, 0.1) is 0 Å². The Labute approximate surface area is 164 Å². The van der Waals surface area contributed by atoms with Crippen LogP contribution < -0.4 is 10.1 Å². The maximum Gasteiger partial charge on any atom is 0.261 e. The van der Waals surface area contributed by atoms with E-state index in [0.717, 1.165) is 29.7 Å². The number of carbonyl (C=O) groups is 1. The van der Waals surface area contributed by atoms with Crippen LogP contribution in [-0.2, 0) is 17.9 Å². The average molecular weight is 419 g/mol. The summed E-state index contributed by atoms with van der Waals surface area (Å²) < 4.78 is 6.65. The number of ether oxygens (including phenoxy) is 1. The summed E-state index contributed by atoms with van der Waals surface area (Å²) >= 11 is 3.38. The summed E-state index contributed by atoms with van der Waals surface area (Å²) in [4.78, 5) is 14.6. The summed E-state index contributed by atoms with van der Waals surface area (Å²) in [6, 6.07) is 15.8. The van der Waals surface area contributed by atoms with E-state index in [1.165, 1.54) is 5.56 Å². The van der Waals surface area contributed by atoms with Crippen molar-refractivity contribution in [1.29, 1.82) is 0 Å². The zero-order valence-corrected chi connectivity index (χ0v) is 17.3. The molecule has 2 rings (SSSR count). The van der Waals surface area contributed by atoms with Gasteiger partial charge in [-0.05, 0) is 55.4 Å². The standard InChI is InChI=1S/C21H27BrN2O2/c1-4-24(5-2)15-18-8-6-17(7-9-18)14-23-21(25)16(3)26-20-12-10-19(22)11-13-20/h6-13,16H,4-5,14-15H2,1-3H3,(H,23,25). The molecule has 0 saturated carbocycles. The van der Waals surface area contributed by atoms with Gasteiger partial charge in [-0.1, -0.05) is 54.0 Å². The molecule has 0 aliphatic rings. The number of halogens is 1. The Morgan fingerprint density at radius 2 is 1.62 bits per heavy atom. The lowest BCUT2D eigenvalue weighted by Gasteiger charge is -2.18. The first-order valence-corrected chi connectivity index (χ1v) is 9.81. The van der Waals surface area contributed by atoms with E-state index in [-0.39, 0.29) is 5.91 Å². The number of hydrogen-bond acceptors (Lipinski definition) is 3. The second-order valence-electron chi connectivity index (χ2n) is 6.21. The molecule has 0 aliphatic heterocycles. The van der Waals surface area contributed by atoms with Crippen LogP contribution in [-0.4, -0.2) is 30.0 Å². The van der Waals surface area contributed by atoms with E-state index in [0.29, 0.717) is 12.3 Å². The Balaban J connectivity index is 1.81. The van der Waals surface area contributed by atoms with E-state index in [2.05, 4.69) is 64.3 Å². The van der Waals surface area contributed by atoms with Crippen LogP contribution in [0.4, 0.5) is 0 Å². The van der Waals surface area contributed by atoms with E-state index in [1.54, 1.807) is 6.92 Å². The Morgan fingerprint density at radius 1 is 1.04 bits per heavy atom. The maximum absolute atomic E-state index is 12.2. The highest BCUT2D eigenvalue weighted by Crippen LogP contribution is 2.17. The zero-order valence-electron chi connectivity index (χ0n) is 15.7. The Kier molecular flexibility index (Phi) is 8.13. The summed E-state index contributed by atoms with van der Waals surface area (Å²) in [5.41, 5.74) is 2.37. The van der Waals surface area contributed by atoms with Gasteiger partial charge in [-0.3, -0.25) is 9.69 Å². The van der Waals surface area contributed by atoms with Crippen LogP contribution in [0.2, 0.25) is 0 Å². The lowest BCUT2D eigenvalue weighted by molar-refractivity contribution is -0.127. The van der Waals surface area contributed by atoms with Crippen molar-refractivity contribution < 1.29 is 9.53 Å². The molecule has 0 saturated heterocycles. The topological polar surface area (TPSA) is 41.6 Å². The van der Waals surface area contributed by atoms with Gasteiger partial charge in [-0.15, -0.1) is 0 Å². The van der Waals surface area contributed by atoms with Gasteiger partial charge < -0.3 is 10.1 Å². The minimum absolute atomic E-state index is 0.125. The van der Waals surface area contributed by atoms with Gasteiger partial charge in [0.05, 0.1) is 0 Å². The van der Waals surface area contributed by atoms with Crippen molar-refractivity contribution in [2.75, 3.05) is 13.1 Å². The summed E-state index contributed by atoms with van der Waals surface area (Å²) in [5.74, 6) is 0.553. The molecule has 1 unspecified atom stereocenters. The molecule has 5 heteroatoms. The smallest absolute Gasteiger partial charge is 0.261 e. The van der Waals surface area contributed by atoms with E-state index < -0.39 is 6.10 Å². The minimum Gasteiger partial charge on any atom is -0.481 e. The van der Waals surface area contributed by atoms with Crippen molar-refractivity contribution >= 4 is 21.8 Å². The molecule has 0 heterocycles. The highest BCUT2D eigenvalue weighted by Gasteiger charge is 2.14. The van der Waals surface area contributed by atoms with Crippen molar-refractivity contribution in [2.24, 2.45) is 0 Å². The second kappa shape index (κ2) is 10.3. The van der Waals surface area contributed by atoms with Gasteiger partial charge in [0.1, 0.15) is 5.75 Å². The van der Waals surface area contributed by atoms with Crippen LogP contribution in [0.15, 0.2) is 53.0 Å². The SMILES string of the molecule is CCN(CC)Cc1ccc(CNC(=O)C(C)Oc2ccc(Br)cc2)cc1. The number of nitrogens with one attached hydrogen (secondary N) is 1. The van der Waals surface area contributed by atoms with Gasteiger partial charge in [-0.2, -0.15) is 0 Å². The van der Waals surface area contributed by atoms with Crippen molar-refractivity contribution in [3.8, 4) is 5.75 Å². The number of nitrogens with zero attached hydrogens (tertiary/aromatic N) is 1. The lowest BCUT2D eigenvalue weighted by atomic mass is 10.1. The number of rotatable bonds is 9. The first kappa shape index (κ1) is 20.5. The fourth-order valence-corrected chi connectivity index (χ4v) is 2.84. The third-order valence-corrected chi connectivity index (χ3v) is 4.81. The first-order chi connectivity index (χ1) is 12.5. The van der Waals surface area contributed by atoms with Crippen LogP contribution in [0.25, 0.3) is 0 Å². The molecule has 1 amide bonds. The molecule has 1 N–H and O–H groups in total. The predicted octanol–water partition coefficient (Wildman–Crippen LogP) is 4.37. The largest absolute Gasteiger partial charge is 0.481 e. The molecule has 1 atom stereocenters. The molecule has 0 spiro atoms. The van der Waals surface area contributed by atoms with Crippen LogP contribution in [0.1, 0.15) is 31.9 Å². The maximum atomic E-state index is 12.2. The molecule has 0 radical (unpaired) electrons. The Morgan fingerprint density at radius 3 is 2.19 bits per heavy atom. The molecule has 0 aromatic heterocycles. The third-order valence-electron chi connectivity index (χ3n) is 4.29. The van der Waals surface area contributed by atoms with Crippen molar-refractivity contribution in [1.82, 2.24) is 10.2 Å². The van der Waals surface area contributed by atoms with E-state index in [1.807, 2.05) is 24.3 Å². The number of carbonyl (C=O) groups excluding carboxylic acids is 1. The molecule has 0 fully saturated rings. The van der Waals surface area contributed by atoms with Gasteiger partial charge in [0.25, 0.3) is 5.91 Å². The van der Waals surface area contributed by atoms with Crippen molar-refractivity contribution in [2.45, 2.75) is 40.0 Å². The molecule has 2 aromatic carbocycles. The molecule has 140 valence electrons. The quantitative estimate of drug-likeness (QED) is 0.656. The summed E-state index contributed by atoms with van der Waals surface area (Å²) in [5, 5.41) is 2.93. The highest BCUT2D eigenvalue weighted by molar-refractivity contribution is 9.10. The highest BCUT2D eigenvalue weighted by atomic mass is 79.9. The number of hydrogen-bond donors (Lipinski definition) is 1. The first-order valence-electron chi connectivity index (χ1n) is 9.02. The zero-order chi connectivity index (χ0) is 18.9. The van der Waals surface area contributed by atoms with Crippen LogP contribution in [0.3, 0.4) is 0 Å². The molecular weight excluding hydrogens is 392 g/mol. The average Bonchev–Trinajstić information content (AvgIpc) is 2.66. The van der Waals surface area contributed by atoms with Crippen molar-refractivity contribution in [3.63, 3.8) is 0 Å².